The molecule has 0 fully saturated rings. The molecule has 0 bridgehead atoms. The Kier molecular flexibility index (Phi) is 4.72. The third kappa shape index (κ3) is 3.54. The molecule has 2 aromatic heterocycles. The first-order chi connectivity index (χ1) is 8.79. The summed E-state index contributed by atoms with van der Waals surface area (Å²) in [5.74, 6) is 0.903. The second-order valence-corrected chi connectivity index (χ2v) is 4.77. The number of hydrogen-bond acceptors (Lipinski definition) is 5. The van der Waals surface area contributed by atoms with Gasteiger partial charge in [0.2, 0.25) is 5.95 Å². The van der Waals surface area contributed by atoms with Gasteiger partial charge >= 0.3 is 0 Å². The van der Waals surface area contributed by atoms with Gasteiger partial charge in [-0.05, 0) is 6.92 Å². The van der Waals surface area contributed by atoms with Crippen molar-refractivity contribution in [2.75, 3.05) is 25.6 Å². The van der Waals surface area contributed by atoms with Crippen LogP contribution in [-0.4, -0.2) is 34.8 Å². The van der Waals surface area contributed by atoms with Gasteiger partial charge in [-0.2, -0.15) is 0 Å². The average Bonchev–Trinajstić information content (AvgIpc) is 2.97. The second-order valence-electron chi connectivity index (χ2n) is 4.05. The van der Waals surface area contributed by atoms with Crippen molar-refractivity contribution in [3.05, 3.63) is 28.5 Å². The number of anilines is 1. The summed E-state index contributed by atoms with van der Waals surface area (Å²) < 4.78 is 7.15. The molecule has 0 aliphatic carbocycles. The molecule has 18 heavy (non-hydrogen) atoms. The minimum absolute atomic E-state index is 0.679. The molecule has 2 heterocycles. The van der Waals surface area contributed by atoms with Gasteiger partial charge in [-0.3, -0.25) is 0 Å². The van der Waals surface area contributed by atoms with Gasteiger partial charge in [0, 0.05) is 38.2 Å². The number of methoxy groups -OCH3 is 1. The van der Waals surface area contributed by atoms with Gasteiger partial charge in [-0.1, -0.05) is 0 Å². The van der Waals surface area contributed by atoms with Gasteiger partial charge in [0.15, 0.2) is 0 Å². The molecule has 0 aliphatic rings. The third-order valence-corrected chi connectivity index (χ3v) is 3.21. The Morgan fingerprint density at radius 1 is 1.50 bits per heavy atom. The topological polar surface area (TPSA) is 52.0 Å². The van der Waals surface area contributed by atoms with Crippen LogP contribution in [0.2, 0.25) is 0 Å². The van der Waals surface area contributed by atoms with Crippen LogP contribution >= 0.6 is 11.3 Å². The minimum Gasteiger partial charge on any atom is -0.383 e. The van der Waals surface area contributed by atoms with E-state index in [-0.39, 0.29) is 0 Å². The van der Waals surface area contributed by atoms with Gasteiger partial charge < -0.3 is 14.6 Å². The lowest BCUT2D eigenvalue weighted by Gasteiger charge is -2.08. The summed E-state index contributed by atoms with van der Waals surface area (Å²) in [5.41, 5.74) is 4.02. The van der Waals surface area contributed by atoms with Gasteiger partial charge in [-0.25, -0.2) is 9.97 Å². The number of aryl methyl sites for hydroxylation is 3. The van der Waals surface area contributed by atoms with Crippen LogP contribution in [-0.2, 0) is 17.7 Å². The van der Waals surface area contributed by atoms with Crippen LogP contribution in [0.5, 0.6) is 0 Å². The van der Waals surface area contributed by atoms with Crippen molar-refractivity contribution < 1.29 is 4.74 Å². The Hall–Kier alpha value is -1.40. The van der Waals surface area contributed by atoms with Gasteiger partial charge in [0.1, 0.15) is 0 Å². The molecule has 98 valence electrons. The van der Waals surface area contributed by atoms with E-state index in [0.29, 0.717) is 6.61 Å². The summed E-state index contributed by atoms with van der Waals surface area (Å²) >= 11 is 1.63. The highest BCUT2D eigenvalue weighted by molar-refractivity contribution is 7.07. The zero-order valence-electron chi connectivity index (χ0n) is 10.7. The van der Waals surface area contributed by atoms with Gasteiger partial charge in [0.25, 0.3) is 0 Å². The van der Waals surface area contributed by atoms with Crippen molar-refractivity contribution in [2.24, 2.45) is 0 Å². The normalized spacial score (nSPS) is 10.8. The first kappa shape index (κ1) is 13.0. The molecule has 5 nitrogen and oxygen atoms in total. The number of thiazole rings is 1. The van der Waals surface area contributed by atoms with Gasteiger partial charge in [0.05, 0.1) is 23.5 Å². The van der Waals surface area contributed by atoms with E-state index in [4.69, 9.17) is 4.74 Å². The SMILES string of the molecule is COCCNc1nc(C)cn1CCc1cscn1. The van der Waals surface area contributed by atoms with E-state index in [2.05, 4.69) is 31.4 Å². The second kappa shape index (κ2) is 6.51. The predicted molar refractivity (Wildman–Crippen MR) is 73.1 cm³/mol. The van der Waals surface area contributed by atoms with E-state index >= 15 is 0 Å². The van der Waals surface area contributed by atoms with Crippen LogP contribution in [0.3, 0.4) is 0 Å². The van der Waals surface area contributed by atoms with E-state index in [9.17, 15) is 0 Å². The number of imidazole rings is 1. The smallest absolute Gasteiger partial charge is 0.203 e. The Labute approximate surface area is 111 Å². The lowest BCUT2D eigenvalue weighted by molar-refractivity contribution is 0.210. The molecule has 0 saturated heterocycles. The van der Waals surface area contributed by atoms with Crippen LogP contribution in [0.15, 0.2) is 17.1 Å². The fraction of sp³-hybridized carbons (Fsp3) is 0.500. The van der Waals surface area contributed by atoms with E-state index in [1.165, 1.54) is 0 Å². The van der Waals surface area contributed by atoms with Crippen LogP contribution in [0.25, 0.3) is 0 Å². The molecule has 0 aliphatic heterocycles. The highest BCUT2D eigenvalue weighted by atomic mass is 32.1. The number of rotatable bonds is 7. The van der Waals surface area contributed by atoms with Crippen LogP contribution in [0.1, 0.15) is 11.4 Å². The summed E-state index contributed by atoms with van der Waals surface area (Å²) in [6.07, 6.45) is 2.99. The molecule has 2 rings (SSSR count). The molecule has 0 unspecified atom stereocenters. The summed E-state index contributed by atoms with van der Waals surface area (Å²) in [7, 11) is 1.70. The highest BCUT2D eigenvalue weighted by Gasteiger charge is 2.05. The number of hydrogen-bond donors (Lipinski definition) is 1. The number of nitrogens with one attached hydrogen (secondary N) is 1. The van der Waals surface area contributed by atoms with E-state index in [1.807, 2.05) is 12.4 Å². The molecular weight excluding hydrogens is 248 g/mol. The molecule has 0 amide bonds. The summed E-state index contributed by atoms with van der Waals surface area (Å²) in [5, 5.41) is 5.36. The summed E-state index contributed by atoms with van der Waals surface area (Å²) in [6, 6.07) is 0. The minimum atomic E-state index is 0.679. The first-order valence-electron chi connectivity index (χ1n) is 5.93. The van der Waals surface area contributed by atoms with Crippen molar-refractivity contribution in [1.82, 2.24) is 14.5 Å². The van der Waals surface area contributed by atoms with E-state index < -0.39 is 0 Å². The lowest BCUT2D eigenvalue weighted by atomic mass is 10.3. The van der Waals surface area contributed by atoms with E-state index in [0.717, 1.165) is 36.8 Å². The zero-order valence-corrected chi connectivity index (χ0v) is 11.5. The molecule has 1 N–H and O–H groups in total. The maximum absolute atomic E-state index is 5.02. The monoisotopic (exact) mass is 266 g/mol. The Bertz CT molecular complexity index is 466. The Morgan fingerprint density at radius 3 is 3.11 bits per heavy atom. The zero-order chi connectivity index (χ0) is 12.8. The molecule has 0 aromatic carbocycles. The van der Waals surface area contributed by atoms with Crippen molar-refractivity contribution >= 4 is 17.3 Å². The fourth-order valence-electron chi connectivity index (χ4n) is 1.72. The molecular formula is C12H18N4OS. The average molecular weight is 266 g/mol. The predicted octanol–water partition coefficient (Wildman–Crippen LogP) is 1.95. The molecule has 2 aromatic rings. The Morgan fingerprint density at radius 2 is 2.39 bits per heavy atom. The molecule has 0 atom stereocenters. The van der Waals surface area contributed by atoms with Gasteiger partial charge in [-0.15, -0.1) is 11.3 Å². The summed E-state index contributed by atoms with van der Waals surface area (Å²) in [6.45, 7) is 4.34. The van der Waals surface area contributed by atoms with Crippen LogP contribution in [0, 0.1) is 6.92 Å². The van der Waals surface area contributed by atoms with Crippen molar-refractivity contribution in [2.45, 2.75) is 19.9 Å². The molecule has 0 saturated carbocycles. The molecule has 6 heteroatoms. The third-order valence-electron chi connectivity index (χ3n) is 2.58. The standard InChI is InChI=1S/C12H18N4OS/c1-10-7-16(5-3-11-8-18-9-14-11)12(15-10)13-4-6-17-2/h7-9H,3-6H2,1-2H3,(H,13,15). The largest absolute Gasteiger partial charge is 0.383 e. The van der Waals surface area contributed by atoms with Crippen molar-refractivity contribution in [3.8, 4) is 0 Å². The number of aromatic nitrogens is 3. The number of ether oxygens (including phenoxy) is 1. The first-order valence-corrected chi connectivity index (χ1v) is 6.87. The molecule has 0 spiro atoms. The lowest BCUT2D eigenvalue weighted by Crippen LogP contribution is -2.13. The van der Waals surface area contributed by atoms with Crippen LogP contribution in [0.4, 0.5) is 5.95 Å². The summed E-state index contributed by atoms with van der Waals surface area (Å²) in [4.78, 5) is 8.75. The number of nitrogens with zero attached hydrogens (tertiary/aromatic N) is 3. The Balaban J connectivity index is 1.93. The highest BCUT2D eigenvalue weighted by Crippen LogP contribution is 2.10. The fourth-order valence-corrected chi connectivity index (χ4v) is 2.31. The maximum atomic E-state index is 5.02. The van der Waals surface area contributed by atoms with E-state index in [1.54, 1.807) is 18.4 Å². The maximum Gasteiger partial charge on any atom is 0.203 e. The quantitative estimate of drug-likeness (QED) is 0.778. The van der Waals surface area contributed by atoms with Crippen molar-refractivity contribution in [1.29, 1.82) is 0 Å². The molecule has 0 radical (unpaired) electrons. The van der Waals surface area contributed by atoms with Crippen LogP contribution < -0.4 is 5.32 Å². The van der Waals surface area contributed by atoms with Crippen molar-refractivity contribution in [3.63, 3.8) is 0 Å².